The van der Waals surface area contributed by atoms with Crippen molar-refractivity contribution in [2.75, 3.05) is 13.1 Å². The summed E-state index contributed by atoms with van der Waals surface area (Å²) in [7, 11) is 0. The normalized spacial score (nSPS) is 7.33. The highest BCUT2D eigenvalue weighted by Crippen LogP contribution is 1.47. The minimum Gasteiger partial charge on any atom is -0.465 e. The summed E-state index contributed by atoms with van der Waals surface area (Å²) >= 11 is 0. The zero-order valence-corrected chi connectivity index (χ0v) is 5.85. The number of rotatable bonds is 2. The van der Waals surface area contributed by atoms with Crippen molar-refractivity contribution in [1.29, 1.82) is 0 Å². The predicted octanol–water partition coefficient (Wildman–Crippen LogP) is 0.239. The Morgan fingerprint density at radius 3 is 1.78 bits per heavy atom. The molecule has 56 valence electrons. The lowest BCUT2D eigenvalue weighted by atomic mass is 10.7. The molecule has 0 aromatic heterocycles. The summed E-state index contributed by atoms with van der Waals surface area (Å²) in [5.41, 5.74) is 4.03. The average Bonchev–Trinajstić information content (AvgIpc) is 1.66. The fourth-order valence-electron chi connectivity index (χ4n) is 0.250. The third kappa shape index (κ3) is 131. The van der Waals surface area contributed by atoms with Crippen molar-refractivity contribution >= 4 is 6.09 Å². The van der Waals surface area contributed by atoms with E-state index in [1.54, 1.807) is 0 Å². The topological polar surface area (TPSA) is 75.3 Å². The van der Waals surface area contributed by atoms with Crippen LogP contribution in [-0.4, -0.2) is 24.3 Å². The molecule has 4 nitrogen and oxygen atoms in total. The molecule has 0 aliphatic rings. The van der Waals surface area contributed by atoms with Gasteiger partial charge >= 0.3 is 6.09 Å². The molecule has 0 bridgehead atoms. The van der Waals surface area contributed by atoms with Crippen molar-refractivity contribution in [1.82, 2.24) is 5.32 Å². The lowest BCUT2D eigenvalue weighted by Gasteiger charge is -1.86. The van der Waals surface area contributed by atoms with Crippen molar-refractivity contribution in [3.63, 3.8) is 0 Å². The van der Waals surface area contributed by atoms with E-state index in [2.05, 4.69) is 24.9 Å². The first-order chi connectivity index (χ1) is 4.15. The van der Waals surface area contributed by atoms with Crippen LogP contribution in [-0.2, 0) is 0 Å². The number of hydrogen-bond acceptors (Lipinski definition) is 2. The van der Waals surface area contributed by atoms with Crippen molar-refractivity contribution < 1.29 is 9.90 Å². The van der Waals surface area contributed by atoms with Crippen molar-refractivity contribution in [2.45, 2.75) is 13.8 Å². The fourth-order valence-corrected chi connectivity index (χ4v) is 0.250. The smallest absolute Gasteiger partial charge is 0.402 e. The third-order valence-corrected chi connectivity index (χ3v) is 0.500. The van der Waals surface area contributed by atoms with Gasteiger partial charge in [-0.2, -0.15) is 0 Å². The van der Waals surface area contributed by atoms with E-state index in [4.69, 9.17) is 9.90 Å². The summed E-state index contributed by atoms with van der Waals surface area (Å²) in [5.74, 6) is 0. The maximum absolute atomic E-state index is 8.78. The fraction of sp³-hybridized carbons (Fsp3) is 0.800. The summed E-state index contributed by atoms with van der Waals surface area (Å²) in [6, 6.07) is 0. The van der Waals surface area contributed by atoms with Crippen LogP contribution in [0.3, 0.4) is 0 Å². The molecule has 4 N–H and O–H groups in total. The quantitative estimate of drug-likeness (QED) is 0.506. The standard InChI is InChI=1S/C4H11N.CH3NO2/c1-3-5-4-2;2-1(3)4/h5H,3-4H2,1-2H3;2H2,(H,3,4). The van der Waals surface area contributed by atoms with Gasteiger partial charge in [0.25, 0.3) is 0 Å². The van der Waals surface area contributed by atoms with Gasteiger partial charge in [0, 0.05) is 0 Å². The number of nitrogens with two attached hydrogens (primary N) is 1. The maximum Gasteiger partial charge on any atom is 0.402 e. The third-order valence-electron chi connectivity index (χ3n) is 0.500. The SMILES string of the molecule is CCNCC.NC(=O)O. The second-order valence-corrected chi connectivity index (χ2v) is 1.30. The van der Waals surface area contributed by atoms with Crippen LogP contribution in [0.1, 0.15) is 13.8 Å². The Balaban J connectivity index is 0. The van der Waals surface area contributed by atoms with Crippen molar-refractivity contribution in [3.8, 4) is 0 Å². The van der Waals surface area contributed by atoms with E-state index >= 15 is 0 Å². The Morgan fingerprint density at radius 2 is 1.78 bits per heavy atom. The summed E-state index contributed by atoms with van der Waals surface area (Å²) in [4.78, 5) is 8.78. The number of primary amides is 1. The minimum absolute atomic E-state index is 1.09. The molecule has 0 unspecified atom stereocenters. The molecule has 0 aliphatic heterocycles. The molecule has 0 fully saturated rings. The van der Waals surface area contributed by atoms with Gasteiger partial charge in [0.15, 0.2) is 0 Å². The molecule has 0 aliphatic carbocycles. The van der Waals surface area contributed by atoms with Crippen LogP contribution in [0.15, 0.2) is 0 Å². The Labute approximate surface area is 55.1 Å². The molecular weight excluding hydrogens is 120 g/mol. The number of hydrogen-bond donors (Lipinski definition) is 3. The molecule has 0 saturated heterocycles. The van der Waals surface area contributed by atoms with E-state index < -0.39 is 6.09 Å². The first-order valence-corrected chi connectivity index (χ1v) is 2.84. The molecule has 0 rings (SSSR count). The van der Waals surface area contributed by atoms with E-state index in [1.807, 2.05) is 0 Å². The average molecular weight is 134 g/mol. The van der Waals surface area contributed by atoms with Crippen molar-refractivity contribution in [2.24, 2.45) is 5.73 Å². The first kappa shape index (κ1) is 11.1. The van der Waals surface area contributed by atoms with Crippen LogP contribution in [0.25, 0.3) is 0 Å². The van der Waals surface area contributed by atoms with Gasteiger partial charge < -0.3 is 16.2 Å². The highest BCUT2D eigenvalue weighted by Gasteiger charge is 1.65. The summed E-state index contributed by atoms with van der Waals surface area (Å²) < 4.78 is 0. The largest absolute Gasteiger partial charge is 0.465 e. The van der Waals surface area contributed by atoms with Gasteiger partial charge in [0.1, 0.15) is 0 Å². The summed E-state index contributed by atoms with van der Waals surface area (Å²) in [5, 5.41) is 10.3. The number of carbonyl (C=O) groups is 1. The van der Waals surface area contributed by atoms with Crippen LogP contribution in [0.5, 0.6) is 0 Å². The second kappa shape index (κ2) is 10.3. The second-order valence-electron chi connectivity index (χ2n) is 1.30. The van der Waals surface area contributed by atoms with Gasteiger partial charge in [-0.15, -0.1) is 0 Å². The Hall–Kier alpha value is -0.770. The van der Waals surface area contributed by atoms with Gasteiger partial charge in [-0.05, 0) is 13.1 Å². The van der Waals surface area contributed by atoms with E-state index in [-0.39, 0.29) is 0 Å². The van der Waals surface area contributed by atoms with E-state index in [1.165, 1.54) is 0 Å². The molecule has 1 amide bonds. The van der Waals surface area contributed by atoms with Gasteiger partial charge in [-0.1, -0.05) is 13.8 Å². The molecule has 0 atom stereocenters. The Morgan fingerprint density at radius 1 is 1.56 bits per heavy atom. The van der Waals surface area contributed by atoms with Gasteiger partial charge in [-0.3, -0.25) is 0 Å². The number of nitrogens with one attached hydrogen (secondary N) is 1. The molecule has 0 aromatic rings. The summed E-state index contributed by atoms with van der Waals surface area (Å²) in [6.45, 7) is 6.39. The molecule has 0 heterocycles. The maximum atomic E-state index is 8.78. The van der Waals surface area contributed by atoms with Crippen LogP contribution in [0.2, 0.25) is 0 Å². The van der Waals surface area contributed by atoms with Gasteiger partial charge in [0.05, 0.1) is 0 Å². The lowest BCUT2D eigenvalue weighted by Crippen LogP contribution is -2.09. The number of amides is 1. The highest BCUT2D eigenvalue weighted by molar-refractivity contribution is 5.61. The molecule has 0 radical (unpaired) electrons. The Kier molecular flexibility index (Phi) is 12.6. The molecule has 0 saturated carbocycles. The molecule has 9 heavy (non-hydrogen) atoms. The zero-order valence-electron chi connectivity index (χ0n) is 5.85. The van der Waals surface area contributed by atoms with E-state index in [0.717, 1.165) is 13.1 Å². The van der Waals surface area contributed by atoms with E-state index in [0.29, 0.717) is 0 Å². The highest BCUT2D eigenvalue weighted by atomic mass is 16.4. The van der Waals surface area contributed by atoms with Crippen LogP contribution >= 0.6 is 0 Å². The lowest BCUT2D eigenvalue weighted by molar-refractivity contribution is 0.205. The monoisotopic (exact) mass is 134 g/mol. The Bertz CT molecular complexity index is 60.0. The molecular formula is C5H14N2O2. The van der Waals surface area contributed by atoms with E-state index in [9.17, 15) is 0 Å². The molecule has 4 heteroatoms. The first-order valence-electron chi connectivity index (χ1n) is 2.84. The van der Waals surface area contributed by atoms with Gasteiger partial charge in [0.2, 0.25) is 0 Å². The van der Waals surface area contributed by atoms with Crippen LogP contribution < -0.4 is 11.1 Å². The van der Waals surface area contributed by atoms with Crippen molar-refractivity contribution in [3.05, 3.63) is 0 Å². The predicted molar refractivity (Wildman–Crippen MR) is 36.4 cm³/mol. The minimum atomic E-state index is -1.33. The molecule has 0 spiro atoms. The zero-order chi connectivity index (χ0) is 7.70. The van der Waals surface area contributed by atoms with Crippen LogP contribution in [0.4, 0.5) is 4.79 Å². The van der Waals surface area contributed by atoms with Crippen LogP contribution in [0, 0.1) is 0 Å². The van der Waals surface area contributed by atoms with Gasteiger partial charge in [-0.25, -0.2) is 4.79 Å². The summed E-state index contributed by atoms with van der Waals surface area (Å²) in [6.07, 6.45) is -1.33. The molecule has 0 aromatic carbocycles. The number of carboxylic acid groups (broad SMARTS) is 1.